The summed E-state index contributed by atoms with van der Waals surface area (Å²) in [7, 11) is 0. The van der Waals surface area contributed by atoms with Gasteiger partial charge in [-0.3, -0.25) is 9.59 Å². The van der Waals surface area contributed by atoms with E-state index >= 15 is 0 Å². The lowest BCUT2D eigenvalue weighted by atomic mass is 10.3. The SMILES string of the molecule is CCCC(Br)OC(=O)CC(C)=O. The van der Waals surface area contributed by atoms with Gasteiger partial charge in [0, 0.05) is 0 Å². The fourth-order valence-corrected chi connectivity index (χ4v) is 1.34. The molecule has 1 unspecified atom stereocenters. The molecule has 0 fully saturated rings. The molecule has 0 radical (unpaired) electrons. The van der Waals surface area contributed by atoms with Crippen molar-refractivity contribution in [1.82, 2.24) is 0 Å². The van der Waals surface area contributed by atoms with Crippen molar-refractivity contribution in [2.75, 3.05) is 0 Å². The van der Waals surface area contributed by atoms with Crippen LogP contribution in [0.4, 0.5) is 0 Å². The maximum Gasteiger partial charge on any atom is 0.314 e. The van der Waals surface area contributed by atoms with Crippen LogP contribution in [0.5, 0.6) is 0 Å². The first-order valence-corrected chi connectivity index (χ1v) is 4.80. The molecule has 0 N–H and O–H groups in total. The van der Waals surface area contributed by atoms with E-state index in [0.29, 0.717) is 0 Å². The number of alkyl halides is 1. The Morgan fingerprint density at radius 3 is 2.50 bits per heavy atom. The molecule has 0 heterocycles. The van der Waals surface area contributed by atoms with Crippen molar-refractivity contribution < 1.29 is 14.3 Å². The fraction of sp³-hybridized carbons (Fsp3) is 0.750. The third-order valence-corrected chi connectivity index (χ3v) is 1.81. The van der Waals surface area contributed by atoms with E-state index in [1.807, 2.05) is 6.92 Å². The quantitative estimate of drug-likeness (QED) is 0.417. The van der Waals surface area contributed by atoms with E-state index in [1.165, 1.54) is 6.92 Å². The maximum atomic E-state index is 10.9. The smallest absolute Gasteiger partial charge is 0.314 e. The molecule has 3 nitrogen and oxygen atoms in total. The van der Waals surface area contributed by atoms with Crippen LogP contribution in [0.15, 0.2) is 0 Å². The number of hydrogen-bond acceptors (Lipinski definition) is 3. The number of Topliss-reactive ketones (excluding diaryl/α,β-unsaturated/α-hetero) is 1. The molecule has 0 bridgehead atoms. The zero-order chi connectivity index (χ0) is 9.56. The van der Waals surface area contributed by atoms with E-state index in [0.717, 1.165) is 12.8 Å². The van der Waals surface area contributed by atoms with Gasteiger partial charge < -0.3 is 4.74 Å². The van der Waals surface area contributed by atoms with Gasteiger partial charge in [-0.15, -0.1) is 0 Å². The summed E-state index contributed by atoms with van der Waals surface area (Å²) in [4.78, 5) is 21.3. The van der Waals surface area contributed by atoms with Crippen molar-refractivity contribution in [3.8, 4) is 0 Å². The standard InChI is InChI=1S/C8H13BrO3/c1-3-4-7(9)12-8(11)5-6(2)10/h7H,3-5H2,1-2H3. The molecule has 0 aliphatic heterocycles. The summed E-state index contributed by atoms with van der Waals surface area (Å²) in [5, 5.41) is -0.255. The molecule has 0 aliphatic rings. The molecule has 0 amide bonds. The van der Waals surface area contributed by atoms with Gasteiger partial charge >= 0.3 is 5.97 Å². The summed E-state index contributed by atoms with van der Waals surface area (Å²) in [6.45, 7) is 3.36. The van der Waals surface area contributed by atoms with Crippen molar-refractivity contribution in [3.63, 3.8) is 0 Å². The van der Waals surface area contributed by atoms with Crippen LogP contribution >= 0.6 is 15.9 Å². The summed E-state index contributed by atoms with van der Waals surface area (Å²) >= 11 is 3.17. The number of carbonyl (C=O) groups excluding carboxylic acids is 2. The number of ketones is 1. The Morgan fingerprint density at radius 2 is 2.08 bits per heavy atom. The lowest BCUT2D eigenvalue weighted by molar-refractivity contribution is -0.146. The first-order chi connectivity index (χ1) is 5.56. The van der Waals surface area contributed by atoms with Gasteiger partial charge in [0.05, 0.1) is 0 Å². The normalized spacial score (nSPS) is 12.2. The second-order valence-electron chi connectivity index (χ2n) is 2.57. The molecule has 1 atom stereocenters. The van der Waals surface area contributed by atoms with Crippen molar-refractivity contribution in [2.24, 2.45) is 0 Å². The summed E-state index contributed by atoms with van der Waals surface area (Å²) in [5.74, 6) is -0.631. The highest BCUT2D eigenvalue weighted by Crippen LogP contribution is 2.10. The minimum Gasteiger partial charge on any atom is -0.450 e. The zero-order valence-corrected chi connectivity index (χ0v) is 8.89. The second-order valence-corrected chi connectivity index (χ2v) is 3.59. The Balaban J connectivity index is 3.61. The van der Waals surface area contributed by atoms with Gasteiger partial charge in [0.25, 0.3) is 0 Å². The Hall–Kier alpha value is -0.380. The summed E-state index contributed by atoms with van der Waals surface area (Å²) in [5.41, 5.74) is 0. The lowest BCUT2D eigenvalue weighted by Crippen LogP contribution is -2.14. The summed E-state index contributed by atoms with van der Waals surface area (Å²) in [6, 6.07) is 0. The van der Waals surface area contributed by atoms with Crippen molar-refractivity contribution >= 4 is 27.7 Å². The third kappa shape index (κ3) is 6.34. The summed E-state index contributed by atoms with van der Waals surface area (Å²) < 4.78 is 4.86. The molecule has 0 spiro atoms. The predicted octanol–water partition coefficient (Wildman–Crippen LogP) is 2.03. The highest BCUT2D eigenvalue weighted by molar-refractivity contribution is 9.09. The van der Waals surface area contributed by atoms with E-state index in [2.05, 4.69) is 15.9 Å². The second kappa shape index (κ2) is 6.17. The molecule has 0 saturated carbocycles. The molecule has 0 aromatic carbocycles. The molecule has 0 rings (SSSR count). The van der Waals surface area contributed by atoms with Crippen LogP contribution in [0.25, 0.3) is 0 Å². The minimum atomic E-state index is -0.460. The third-order valence-electron chi connectivity index (χ3n) is 1.17. The monoisotopic (exact) mass is 236 g/mol. The molecule has 12 heavy (non-hydrogen) atoms. The van der Waals surface area contributed by atoms with Gasteiger partial charge in [-0.25, -0.2) is 0 Å². The number of esters is 1. The number of halogens is 1. The van der Waals surface area contributed by atoms with Gasteiger partial charge in [-0.1, -0.05) is 13.3 Å². The average Bonchev–Trinajstić information content (AvgIpc) is 1.84. The fourth-order valence-electron chi connectivity index (χ4n) is 0.673. The molecule has 0 aromatic heterocycles. The van der Waals surface area contributed by atoms with E-state index in [4.69, 9.17) is 4.74 Å². The highest BCUT2D eigenvalue weighted by atomic mass is 79.9. The van der Waals surface area contributed by atoms with Crippen molar-refractivity contribution in [2.45, 2.75) is 38.1 Å². The number of ether oxygens (including phenoxy) is 1. The van der Waals surface area contributed by atoms with Crippen LogP contribution in [-0.2, 0) is 14.3 Å². The Labute approximate surface area is 80.6 Å². The average molecular weight is 237 g/mol. The van der Waals surface area contributed by atoms with Gasteiger partial charge in [-0.05, 0) is 29.3 Å². The zero-order valence-electron chi connectivity index (χ0n) is 7.30. The number of rotatable bonds is 5. The van der Waals surface area contributed by atoms with Gasteiger partial charge in [0.15, 0.2) is 5.01 Å². The lowest BCUT2D eigenvalue weighted by Gasteiger charge is -2.08. The van der Waals surface area contributed by atoms with E-state index < -0.39 is 5.97 Å². The molecule has 70 valence electrons. The molecular formula is C8H13BrO3. The van der Waals surface area contributed by atoms with E-state index in [9.17, 15) is 9.59 Å². The highest BCUT2D eigenvalue weighted by Gasteiger charge is 2.11. The molecule has 4 heteroatoms. The maximum absolute atomic E-state index is 10.9. The molecule has 0 aliphatic carbocycles. The first-order valence-electron chi connectivity index (χ1n) is 3.89. The molecular weight excluding hydrogens is 224 g/mol. The summed E-state index contributed by atoms with van der Waals surface area (Å²) in [6.07, 6.45) is 1.57. The van der Waals surface area contributed by atoms with E-state index in [1.54, 1.807) is 0 Å². The van der Waals surface area contributed by atoms with Crippen LogP contribution in [0.2, 0.25) is 0 Å². The van der Waals surface area contributed by atoms with Crippen LogP contribution < -0.4 is 0 Å². The Morgan fingerprint density at radius 1 is 1.50 bits per heavy atom. The Kier molecular flexibility index (Phi) is 5.98. The number of hydrogen-bond donors (Lipinski definition) is 0. The molecule has 0 saturated heterocycles. The van der Waals surface area contributed by atoms with Crippen LogP contribution in [0.1, 0.15) is 33.1 Å². The van der Waals surface area contributed by atoms with E-state index in [-0.39, 0.29) is 17.2 Å². The van der Waals surface area contributed by atoms with Gasteiger partial charge in [0.1, 0.15) is 12.2 Å². The number of carbonyl (C=O) groups is 2. The predicted molar refractivity (Wildman–Crippen MR) is 49.0 cm³/mol. The van der Waals surface area contributed by atoms with Gasteiger partial charge in [-0.2, -0.15) is 0 Å². The molecule has 0 aromatic rings. The largest absolute Gasteiger partial charge is 0.450 e. The van der Waals surface area contributed by atoms with Crippen molar-refractivity contribution in [3.05, 3.63) is 0 Å². The van der Waals surface area contributed by atoms with Crippen LogP contribution in [0, 0.1) is 0 Å². The van der Waals surface area contributed by atoms with Gasteiger partial charge in [0.2, 0.25) is 0 Å². The first kappa shape index (κ1) is 11.6. The topological polar surface area (TPSA) is 43.4 Å². The minimum absolute atomic E-state index is 0.133. The Bertz CT molecular complexity index is 168. The van der Waals surface area contributed by atoms with Crippen LogP contribution in [0.3, 0.4) is 0 Å². The van der Waals surface area contributed by atoms with Crippen LogP contribution in [-0.4, -0.2) is 16.8 Å². The van der Waals surface area contributed by atoms with Crippen molar-refractivity contribution in [1.29, 1.82) is 0 Å².